The molecule has 1 aromatic heterocycles. The molecule has 214 valence electrons. The zero-order valence-corrected chi connectivity index (χ0v) is 23.3. The number of likely N-dealkylation sites (tertiary alicyclic amines) is 1. The molecular weight excluding hydrogens is 524 g/mol. The third-order valence-electron chi connectivity index (χ3n) is 7.18. The Morgan fingerprint density at radius 1 is 1.08 bits per heavy atom. The largest absolute Gasteiger partial charge is 0.396 e. The number of nitrogens with zero attached hydrogens (tertiary/aromatic N) is 5. The summed E-state index contributed by atoms with van der Waals surface area (Å²) in [7, 11) is 0. The lowest BCUT2D eigenvalue weighted by Gasteiger charge is -2.37. The first-order valence-corrected chi connectivity index (χ1v) is 13.0. The molecule has 3 amide bonds. The Morgan fingerprint density at radius 2 is 1.72 bits per heavy atom. The van der Waals surface area contributed by atoms with Gasteiger partial charge in [-0.25, -0.2) is 9.59 Å². The minimum Gasteiger partial charge on any atom is -0.396 e. The number of urea groups is 1. The maximum Gasteiger partial charge on any atom is 0.354 e. The minimum absolute atomic E-state index is 0. The first-order valence-electron chi connectivity index (χ1n) is 13.0. The molecule has 0 spiro atoms. The van der Waals surface area contributed by atoms with Crippen molar-refractivity contribution in [2.75, 3.05) is 51.2 Å². The highest BCUT2D eigenvalue weighted by Crippen LogP contribution is 2.18. The summed E-state index contributed by atoms with van der Waals surface area (Å²) >= 11 is 0. The van der Waals surface area contributed by atoms with E-state index in [1.54, 1.807) is 35.9 Å². The van der Waals surface area contributed by atoms with Gasteiger partial charge in [-0.15, -0.1) is 12.4 Å². The number of piperazine rings is 1. The SMILES string of the molecule is CC(C)(N)C(=O)N1CCN(C(=O)Nc2ccn(-c3ccc(CN4CCC(N)C(CO)C4)cc3)c(=O)n2)CC1.Cl. The number of aromatic nitrogens is 2. The molecule has 4 rings (SSSR count). The summed E-state index contributed by atoms with van der Waals surface area (Å²) in [6.07, 6.45) is 2.44. The second kappa shape index (κ2) is 12.9. The number of nitrogens with two attached hydrogens (primary N) is 2. The van der Waals surface area contributed by atoms with Crippen LogP contribution >= 0.6 is 12.4 Å². The van der Waals surface area contributed by atoms with Crippen molar-refractivity contribution in [1.82, 2.24) is 24.3 Å². The van der Waals surface area contributed by atoms with E-state index in [0.29, 0.717) is 31.9 Å². The molecular formula is C26H39ClN8O4. The van der Waals surface area contributed by atoms with Gasteiger partial charge in [0.05, 0.1) is 11.2 Å². The molecule has 0 aliphatic carbocycles. The van der Waals surface area contributed by atoms with E-state index in [1.165, 1.54) is 4.57 Å². The van der Waals surface area contributed by atoms with Crippen molar-refractivity contribution in [2.45, 2.75) is 38.4 Å². The molecule has 0 bridgehead atoms. The first-order chi connectivity index (χ1) is 18.0. The second-order valence-electron chi connectivity index (χ2n) is 10.7. The number of nitrogens with one attached hydrogen (secondary N) is 1. The third kappa shape index (κ3) is 7.55. The van der Waals surface area contributed by atoms with Crippen LogP contribution in [0.5, 0.6) is 0 Å². The van der Waals surface area contributed by atoms with Crippen molar-refractivity contribution < 1.29 is 14.7 Å². The Labute approximate surface area is 234 Å². The van der Waals surface area contributed by atoms with Gasteiger partial charge in [0.2, 0.25) is 5.91 Å². The molecule has 0 saturated carbocycles. The summed E-state index contributed by atoms with van der Waals surface area (Å²) in [5.41, 5.74) is 12.3. The highest BCUT2D eigenvalue weighted by atomic mass is 35.5. The van der Waals surface area contributed by atoms with Crippen molar-refractivity contribution in [3.8, 4) is 5.69 Å². The monoisotopic (exact) mass is 562 g/mol. The topological polar surface area (TPSA) is 163 Å². The molecule has 12 nitrogen and oxygen atoms in total. The Hall–Kier alpha value is -3.03. The first kappa shape index (κ1) is 30.5. The standard InChI is InChI=1S/C26H38N8O4.ClH/c1-26(2,28)23(36)32-11-13-33(14-12-32)24(37)29-22-8-10-34(25(38)30-22)20-5-3-18(4-6-20)15-31-9-7-21(27)19(16-31)17-35;/h3-6,8,10,19,21,35H,7,9,11-17,27-28H2,1-2H3,(H,29,30,37,38);1H. The molecule has 2 fully saturated rings. The predicted octanol–water partition coefficient (Wildman–Crippen LogP) is 0.209. The molecule has 2 aliphatic heterocycles. The quantitative estimate of drug-likeness (QED) is 0.388. The maximum atomic E-state index is 12.7. The number of hydrogen-bond acceptors (Lipinski definition) is 8. The van der Waals surface area contributed by atoms with E-state index < -0.39 is 11.2 Å². The molecule has 6 N–H and O–H groups in total. The molecule has 2 atom stereocenters. The van der Waals surface area contributed by atoms with Gasteiger partial charge < -0.3 is 26.4 Å². The number of benzene rings is 1. The van der Waals surface area contributed by atoms with Gasteiger partial charge in [0.15, 0.2) is 0 Å². The summed E-state index contributed by atoms with van der Waals surface area (Å²) in [5, 5.41) is 12.2. The molecule has 1 aromatic carbocycles. The van der Waals surface area contributed by atoms with Crippen molar-refractivity contribution >= 4 is 30.2 Å². The van der Waals surface area contributed by atoms with Crippen LogP contribution in [0.15, 0.2) is 41.3 Å². The highest BCUT2D eigenvalue weighted by molar-refractivity contribution is 5.89. The van der Waals surface area contributed by atoms with Crippen molar-refractivity contribution in [3.63, 3.8) is 0 Å². The Kier molecular flexibility index (Phi) is 10.1. The molecule has 13 heteroatoms. The van der Waals surface area contributed by atoms with Gasteiger partial charge in [-0.1, -0.05) is 12.1 Å². The van der Waals surface area contributed by atoms with Gasteiger partial charge in [-0.2, -0.15) is 4.98 Å². The van der Waals surface area contributed by atoms with Crippen molar-refractivity contribution in [2.24, 2.45) is 17.4 Å². The summed E-state index contributed by atoms with van der Waals surface area (Å²) in [5.74, 6) is 0.0997. The number of aliphatic hydroxyl groups is 1. The van der Waals surface area contributed by atoms with Gasteiger partial charge in [0.1, 0.15) is 5.82 Å². The molecule has 2 aliphatic rings. The second-order valence-corrected chi connectivity index (χ2v) is 10.7. The fraction of sp³-hybridized carbons (Fsp3) is 0.538. The fourth-order valence-electron chi connectivity index (χ4n) is 4.86. The average Bonchev–Trinajstić information content (AvgIpc) is 2.89. The Morgan fingerprint density at radius 3 is 2.31 bits per heavy atom. The van der Waals surface area contributed by atoms with Crippen LogP contribution in [0.25, 0.3) is 5.69 Å². The fourth-order valence-corrected chi connectivity index (χ4v) is 4.86. The maximum absolute atomic E-state index is 12.7. The molecule has 2 saturated heterocycles. The van der Waals surface area contributed by atoms with E-state index in [9.17, 15) is 19.5 Å². The number of carbonyl (C=O) groups is 2. The summed E-state index contributed by atoms with van der Waals surface area (Å²) in [6.45, 7) is 7.32. The zero-order chi connectivity index (χ0) is 27.4. The molecule has 39 heavy (non-hydrogen) atoms. The normalized spacial score (nSPS) is 20.3. The lowest BCUT2D eigenvalue weighted by atomic mass is 9.93. The molecule has 2 unspecified atom stereocenters. The molecule has 0 radical (unpaired) electrons. The number of amides is 3. The third-order valence-corrected chi connectivity index (χ3v) is 7.18. The summed E-state index contributed by atoms with van der Waals surface area (Å²) < 4.78 is 1.42. The zero-order valence-electron chi connectivity index (χ0n) is 22.5. The van der Waals surface area contributed by atoms with Crippen LogP contribution in [0.3, 0.4) is 0 Å². The average molecular weight is 563 g/mol. The molecule has 3 heterocycles. The van der Waals surface area contributed by atoms with E-state index >= 15 is 0 Å². The predicted molar refractivity (Wildman–Crippen MR) is 151 cm³/mol. The number of hydrogen-bond donors (Lipinski definition) is 4. The van der Waals surface area contributed by atoms with Crippen LogP contribution in [0.1, 0.15) is 25.8 Å². The number of rotatable bonds is 6. The van der Waals surface area contributed by atoms with E-state index in [2.05, 4.69) is 15.2 Å². The number of halogens is 1. The van der Waals surface area contributed by atoms with Gasteiger partial charge in [0.25, 0.3) is 0 Å². The van der Waals surface area contributed by atoms with Crippen molar-refractivity contribution in [1.29, 1.82) is 0 Å². The summed E-state index contributed by atoms with van der Waals surface area (Å²) in [4.78, 5) is 47.3. The lowest BCUT2D eigenvalue weighted by Crippen LogP contribution is -2.58. The van der Waals surface area contributed by atoms with E-state index in [0.717, 1.165) is 31.6 Å². The number of piperidine rings is 1. The van der Waals surface area contributed by atoms with E-state index in [-0.39, 0.29) is 48.7 Å². The smallest absolute Gasteiger partial charge is 0.354 e. The van der Waals surface area contributed by atoms with Crippen LogP contribution in [-0.2, 0) is 11.3 Å². The van der Waals surface area contributed by atoms with Gasteiger partial charge in [0, 0.05) is 64.0 Å². The van der Waals surface area contributed by atoms with Crippen LogP contribution in [-0.4, -0.2) is 98.8 Å². The van der Waals surface area contributed by atoms with E-state index in [4.69, 9.17) is 11.5 Å². The molecule has 2 aromatic rings. The number of anilines is 1. The van der Waals surface area contributed by atoms with Gasteiger partial charge in [-0.3, -0.25) is 19.6 Å². The highest BCUT2D eigenvalue weighted by Gasteiger charge is 2.31. The van der Waals surface area contributed by atoms with Crippen molar-refractivity contribution in [3.05, 3.63) is 52.6 Å². The number of carbonyl (C=O) groups excluding carboxylic acids is 2. The van der Waals surface area contributed by atoms with Gasteiger partial charge in [-0.05, 0) is 50.6 Å². The Bertz CT molecular complexity index is 1190. The minimum atomic E-state index is -0.954. The summed E-state index contributed by atoms with van der Waals surface area (Å²) in [6, 6.07) is 8.90. The van der Waals surface area contributed by atoms with Gasteiger partial charge >= 0.3 is 11.7 Å². The van der Waals surface area contributed by atoms with Crippen LogP contribution < -0.4 is 22.5 Å². The Balaban J connectivity index is 0.00000420. The number of aliphatic hydroxyl groups excluding tert-OH is 1. The van der Waals surface area contributed by atoms with Crippen LogP contribution in [0, 0.1) is 5.92 Å². The van der Waals surface area contributed by atoms with Crippen LogP contribution in [0.2, 0.25) is 0 Å². The van der Waals surface area contributed by atoms with Crippen LogP contribution in [0.4, 0.5) is 10.6 Å². The van der Waals surface area contributed by atoms with E-state index in [1.807, 2.05) is 24.3 Å². The lowest BCUT2D eigenvalue weighted by molar-refractivity contribution is -0.137.